The minimum absolute atomic E-state index is 0.200. The molecule has 0 amide bonds. The highest BCUT2D eigenvalue weighted by atomic mass is 32.2. The van der Waals surface area contributed by atoms with Crippen LogP contribution in [0.4, 0.5) is 5.69 Å². The van der Waals surface area contributed by atoms with Crippen molar-refractivity contribution in [1.82, 2.24) is 0 Å². The number of nitrogens with two attached hydrogens (primary N) is 1. The number of anilines is 1. The first-order chi connectivity index (χ1) is 9.90. The number of methoxy groups -OCH3 is 1. The Bertz CT molecular complexity index is 600. The number of hydrogen-bond donors (Lipinski definition) is 1. The number of benzene rings is 2. The van der Waals surface area contributed by atoms with Crippen molar-refractivity contribution in [3.63, 3.8) is 0 Å². The fourth-order valence-corrected chi connectivity index (χ4v) is 3.03. The summed E-state index contributed by atoms with van der Waals surface area (Å²) in [5, 5.41) is 0. The molecule has 0 saturated carbocycles. The molecule has 2 N–H and O–H groups in total. The third-order valence-corrected chi connectivity index (χ3v) is 4.53. The van der Waals surface area contributed by atoms with Gasteiger partial charge in [0.15, 0.2) is 0 Å². The van der Waals surface area contributed by atoms with Gasteiger partial charge in [-0.3, -0.25) is 0 Å². The Hall–Kier alpha value is -1.61. The molecule has 0 atom stereocenters. The predicted octanol–water partition coefficient (Wildman–Crippen LogP) is 4.87. The van der Waals surface area contributed by atoms with E-state index < -0.39 is 0 Å². The fraction of sp³-hybridized carbons (Fsp3) is 0.333. The van der Waals surface area contributed by atoms with Crippen molar-refractivity contribution < 1.29 is 4.74 Å². The molecule has 0 aliphatic rings. The van der Waals surface area contributed by atoms with Gasteiger partial charge in [-0.15, -0.1) is 11.8 Å². The molecule has 0 unspecified atom stereocenters. The van der Waals surface area contributed by atoms with Crippen LogP contribution in [0, 0.1) is 0 Å². The SMILES string of the molecule is COc1cc(N)ccc1SCc1ccc(C(C)(C)C)cc1. The van der Waals surface area contributed by atoms with Crippen LogP contribution in [0.2, 0.25) is 0 Å². The van der Waals surface area contributed by atoms with Crippen molar-refractivity contribution in [1.29, 1.82) is 0 Å². The van der Waals surface area contributed by atoms with Crippen molar-refractivity contribution in [2.45, 2.75) is 36.8 Å². The molecule has 2 aromatic rings. The van der Waals surface area contributed by atoms with E-state index in [9.17, 15) is 0 Å². The maximum atomic E-state index is 5.78. The van der Waals surface area contributed by atoms with Gasteiger partial charge in [-0.1, -0.05) is 45.0 Å². The molecule has 0 spiro atoms. The Morgan fingerprint density at radius 1 is 1.05 bits per heavy atom. The van der Waals surface area contributed by atoms with Gasteiger partial charge in [0, 0.05) is 22.4 Å². The zero-order valence-corrected chi connectivity index (χ0v) is 14.0. The third-order valence-electron chi connectivity index (χ3n) is 3.40. The molecule has 0 saturated heterocycles. The molecule has 0 fully saturated rings. The van der Waals surface area contributed by atoms with Gasteiger partial charge in [0.05, 0.1) is 7.11 Å². The van der Waals surface area contributed by atoms with E-state index in [1.807, 2.05) is 18.2 Å². The molecule has 2 aromatic carbocycles. The van der Waals surface area contributed by atoms with Gasteiger partial charge >= 0.3 is 0 Å². The summed E-state index contributed by atoms with van der Waals surface area (Å²) in [5.41, 5.74) is 9.38. The first-order valence-electron chi connectivity index (χ1n) is 7.06. The zero-order valence-electron chi connectivity index (χ0n) is 13.1. The number of ether oxygens (including phenoxy) is 1. The van der Waals surface area contributed by atoms with Crippen LogP contribution in [-0.4, -0.2) is 7.11 Å². The molecule has 0 bridgehead atoms. The number of hydrogen-bond acceptors (Lipinski definition) is 3. The van der Waals surface area contributed by atoms with Gasteiger partial charge < -0.3 is 10.5 Å². The van der Waals surface area contributed by atoms with Crippen LogP contribution in [0.25, 0.3) is 0 Å². The second-order valence-electron chi connectivity index (χ2n) is 6.15. The number of rotatable bonds is 4. The summed E-state index contributed by atoms with van der Waals surface area (Å²) in [6.07, 6.45) is 0. The lowest BCUT2D eigenvalue weighted by Gasteiger charge is -2.19. The van der Waals surface area contributed by atoms with Gasteiger partial charge in [-0.2, -0.15) is 0 Å². The monoisotopic (exact) mass is 301 g/mol. The molecule has 112 valence electrons. The lowest BCUT2D eigenvalue weighted by molar-refractivity contribution is 0.405. The number of thioether (sulfide) groups is 1. The molecular formula is C18H23NOS. The topological polar surface area (TPSA) is 35.2 Å². The van der Waals surface area contributed by atoms with Gasteiger partial charge in [0.2, 0.25) is 0 Å². The van der Waals surface area contributed by atoms with E-state index in [1.54, 1.807) is 18.9 Å². The Morgan fingerprint density at radius 2 is 1.71 bits per heavy atom. The molecule has 3 heteroatoms. The summed E-state index contributed by atoms with van der Waals surface area (Å²) in [5.74, 6) is 1.76. The average molecular weight is 301 g/mol. The molecule has 2 rings (SSSR count). The fourth-order valence-electron chi connectivity index (χ4n) is 2.07. The van der Waals surface area contributed by atoms with E-state index in [4.69, 9.17) is 10.5 Å². The normalized spacial score (nSPS) is 11.4. The predicted molar refractivity (Wildman–Crippen MR) is 92.1 cm³/mol. The van der Waals surface area contributed by atoms with Crippen molar-refractivity contribution >= 4 is 17.4 Å². The second-order valence-corrected chi connectivity index (χ2v) is 7.16. The maximum absolute atomic E-state index is 5.78. The highest BCUT2D eigenvalue weighted by Gasteiger charge is 2.13. The van der Waals surface area contributed by atoms with E-state index in [1.165, 1.54) is 11.1 Å². The lowest BCUT2D eigenvalue weighted by atomic mass is 9.87. The summed E-state index contributed by atoms with van der Waals surface area (Å²) in [4.78, 5) is 1.12. The first kappa shape index (κ1) is 15.8. The summed E-state index contributed by atoms with van der Waals surface area (Å²) in [7, 11) is 1.68. The van der Waals surface area contributed by atoms with Crippen molar-refractivity contribution in [2.75, 3.05) is 12.8 Å². The third kappa shape index (κ3) is 4.18. The van der Waals surface area contributed by atoms with Crippen LogP contribution < -0.4 is 10.5 Å². The molecule has 2 nitrogen and oxygen atoms in total. The van der Waals surface area contributed by atoms with Crippen LogP contribution >= 0.6 is 11.8 Å². The molecule has 0 aliphatic carbocycles. The highest BCUT2D eigenvalue weighted by Crippen LogP contribution is 2.33. The Kier molecular flexibility index (Phi) is 4.84. The van der Waals surface area contributed by atoms with E-state index in [0.717, 1.165) is 22.1 Å². The molecular weight excluding hydrogens is 278 g/mol. The minimum Gasteiger partial charge on any atom is -0.496 e. The van der Waals surface area contributed by atoms with Crippen molar-refractivity contribution in [3.8, 4) is 5.75 Å². The molecule has 21 heavy (non-hydrogen) atoms. The van der Waals surface area contributed by atoms with Crippen molar-refractivity contribution in [3.05, 3.63) is 53.6 Å². The largest absolute Gasteiger partial charge is 0.496 e. The summed E-state index contributed by atoms with van der Waals surface area (Å²) >= 11 is 1.77. The van der Waals surface area contributed by atoms with E-state index in [2.05, 4.69) is 45.0 Å². The maximum Gasteiger partial charge on any atom is 0.134 e. The quantitative estimate of drug-likeness (QED) is 0.646. The minimum atomic E-state index is 0.200. The number of nitrogen functional groups attached to an aromatic ring is 1. The lowest BCUT2D eigenvalue weighted by Crippen LogP contribution is -2.10. The zero-order chi connectivity index (χ0) is 15.5. The summed E-state index contributed by atoms with van der Waals surface area (Å²) in [6.45, 7) is 6.70. The molecule has 0 aromatic heterocycles. The highest BCUT2D eigenvalue weighted by molar-refractivity contribution is 7.98. The molecule has 0 aliphatic heterocycles. The van der Waals surface area contributed by atoms with Gasteiger partial charge in [-0.05, 0) is 28.7 Å². The Morgan fingerprint density at radius 3 is 2.29 bits per heavy atom. The van der Waals surface area contributed by atoms with Crippen LogP contribution in [0.5, 0.6) is 5.75 Å². The Balaban J connectivity index is 2.07. The summed E-state index contributed by atoms with van der Waals surface area (Å²) in [6, 6.07) is 14.6. The molecule has 0 radical (unpaired) electrons. The van der Waals surface area contributed by atoms with Gasteiger partial charge in [0.1, 0.15) is 5.75 Å². The van der Waals surface area contributed by atoms with Crippen molar-refractivity contribution in [2.24, 2.45) is 0 Å². The van der Waals surface area contributed by atoms with Crippen LogP contribution in [0.1, 0.15) is 31.9 Å². The summed E-state index contributed by atoms with van der Waals surface area (Å²) < 4.78 is 5.38. The van der Waals surface area contributed by atoms with E-state index >= 15 is 0 Å². The van der Waals surface area contributed by atoms with Crippen LogP contribution in [0.3, 0.4) is 0 Å². The molecule has 0 heterocycles. The van der Waals surface area contributed by atoms with Crippen LogP contribution in [0.15, 0.2) is 47.4 Å². The van der Waals surface area contributed by atoms with E-state index in [-0.39, 0.29) is 5.41 Å². The first-order valence-corrected chi connectivity index (χ1v) is 8.04. The van der Waals surface area contributed by atoms with E-state index in [0.29, 0.717) is 0 Å². The van der Waals surface area contributed by atoms with Gasteiger partial charge in [0.25, 0.3) is 0 Å². The smallest absolute Gasteiger partial charge is 0.134 e. The standard InChI is InChI=1S/C18H23NOS/c1-18(2,3)14-7-5-13(6-8-14)12-21-17-10-9-15(19)11-16(17)20-4/h5-11H,12,19H2,1-4H3. The van der Waals surface area contributed by atoms with Crippen LogP contribution in [-0.2, 0) is 11.2 Å². The van der Waals surface area contributed by atoms with Gasteiger partial charge in [-0.25, -0.2) is 0 Å². The average Bonchev–Trinajstić information content (AvgIpc) is 2.45. The second kappa shape index (κ2) is 6.44. The Labute approximate surface area is 131 Å².